The smallest absolute Gasteiger partial charge is 0.240 e. The van der Waals surface area contributed by atoms with E-state index in [1.807, 2.05) is 11.8 Å². The van der Waals surface area contributed by atoms with E-state index < -0.39 is 15.8 Å². The zero-order valence-corrected chi connectivity index (χ0v) is 13.6. The van der Waals surface area contributed by atoms with E-state index in [9.17, 15) is 12.8 Å². The van der Waals surface area contributed by atoms with Crippen molar-refractivity contribution in [2.24, 2.45) is 5.73 Å². The maximum absolute atomic E-state index is 13.4. The van der Waals surface area contributed by atoms with E-state index in [0.717, 1.165) is 31.7 Å². The molecule has 1 aromatic rings. The lowest BCUT2D eigenvalue weighted by Gasteiger charge is -2.27. The minimum absolute atomic E-state index is 0.0198. The number of nitrogens with two attached hydrogens (primary N) is 1. The number of rotatable bonds is 5. The van der Waals surface area contributed by atoms with Gasteiger partial charge in [-0.1, -0.05) is 0 Å². The predicted molar refractivity (Wildman–Crippen MR) is 84.2 cm³/mol. The molecular formula is C14H21FN2O2S2. The van der Waals surface area contributed by atoms with Crippen molar-refractivity contribution in [3.63, 3.8) is 0 Å². The van der Waals surface area contributed by atoms with Crippen LogP contribution in [-0.4, -0.2) is 26.0 Å². The normalized spacial score (nSPS) is 23.2. The molecule has 118 valence electrons. The lowest BCUT2D eigenvalue weighted by molar-refractivity contribution is 0.420. The van der Waals surface area contributed by atoms with Gasteiger partial charge in [0.25, 0.3) is 0 Å². The standard InChI is InChI=1S/C14H21FN2O2S2/c1-20-12-4-2-11(3-5-12)17-21(18,19)13-6-7-14(15)10(8-13)9-16/h6-8,11-12,17H,2-5,9,16H2,1H3. The van der Waals surface area contributed by atoms with Crippen molar-refractivity contribution in [1.29, 1.82) is 0 Å². The van der Waals surface area contributed by atoms with Crippen LogP contribution < -0.4 is 10.5 Å². The Kier molecular flexibility index (Phi) is 5.65. The Morgan fingerprint density at radius 3 is 2.57 bits per heavy atom. The second kappa shape index (κ2) is 7.09. The van der Waals surface area contributed by atoms with Gasteiger partial charge in [-0.2, -0.15) is 11.8 Å². The third kappa shape index (κ3) is 4.18. The summed E-state index contributed by atoms with van der Waals surface area (Å²) in [6, 6.07) is 3.71. The summed E-state index contributed by atoms with van der Waals surface area (Å²) >= 11 is 1.84. The van der Waals surface area contributed by atoms with E-state index >= 15 is 0 Å². The summed E-state index contributed by atoms with van der Waals surface area (Å²) in [6.45, 7) is -0.0198. The lowest BCUT2D eigenvalue weighted by atomic mass is 9.96. The maximum Gasteiger partial charge on any atom is 0.240 e. The molecule has 3 N–H and O–H groups in total. The van der Waals surface area contributed by atoms with E-state index in [0.29, 0.717) is 5.25 Å². The summed E-state index contributed by atoms with van der Waals surface area (Å²) in [5.41, 5.74) is 5.63. The summed E-state index contributed by atoms with van der Waals surface area (Å²) in [4.78, 5) is 0.0799. The van der Waals surface area contributed by atoms with Crippen molar-refractivity contribution in [1.82, 2.24) is 4.72 Å². The zero-order chi connectivity index (χ0) is 15.5. The van der Waals surface area contributed by atoms with Crippen molar-refractivity contribution >= 4 is 21.8 Å². The summed E-state index contributed by atoms with van der Waals surface area (Å²) in [5, 5.41) is 0.625. The summed E-state index contributed by atoms with van der Waals surface area (Å²) in [6.07, 6.45) is 5.81. The third-order valence-electron chi connectivity index (χ3n) is 3.88. The fraction of sp³-hybridized carbons (Fsp3) is 0.571. The number of sulfonamides is 1. The Bertz CT molecular complexity index is 585. The van der Waals surface area contributed by atoms with Crippen molar-refractivity contribution < 1.29 is 12.8 Å². The van der Waals surface area contributed by atoms with Crippen LogP contribution in [0.5, 0.6) is 0 Å². The van der Waals surface area contributed by atoms with Gasteiger partial charge < -0.3 is 5.73 Å². The van der Waals surface area contributed by atoms with Crippen LogP contribution in [-0.2, 0) is 16.6 Å². The van der Waals surface area contributed by atoms with E-state index in [-0.39, 0.29) is 23.0 Å². The first-order valence-corrected chi connectivity index (χ1v) is 9.77. The van der Waals surface area contributed by atoms with Crippen LogP contribution in [0, 0.1) is 5.82 Å². The summed E-state index contributed by atoms with van der Waals surface area (Å²) < 4.78 is 40.8. The van der Waals surface area contributed by atoms with E-state index in [2.05, 4.69) is 11.0 Å². The molecule has 1 aromatic carbocycles. The molecule has 0 spiro atoms. The highest BCUT2D eigenvalue weighted by atomic mass is 32.2. The van der Waals surface area contributed by atoms with E-state index in [1.165, 1.54) is 12.1 Å². The van der Waals surface area contributed by atoms with Gasteiger partial charge in [0, 0.05) is 23.4 Å². The summed E-state index contributed by atoms with van der Waals surface area (Å²) in [7, 11) is -3.61. The van der Waals surface area contributed by atoms with E-state index in [4.69, 9.17) is 5.73 Å². The van der Waals surface area contributed by atoms with Gasteiger partial charge in [0.1, 0.15) is 5.82 Å². The molecule has 0 amide bonds. The molecule has 0 unspecified atom stereocenters. The highest BCUT2D eigenvalue weighted by Crippen LogP contribution is 2.27. The quantitative estimate of drug-likeness (QED) is 0.867. The average molecular weight is 332 g/mol. The van der Waals surface area contributed by atoms with Gasteiger partial charge in [-0.15, -0.1) is 0 Å². The molecule has 21 heavy (non-hydrogen) atoms. The van der Waals surface area contributed by atoms with Crippen LogP contribution in [0.3, 0.4) is 0 Å². The van der Waals surface area contributed by atoms with E-state index in [1.54, 1.807) is 0 Å². The molecule has 1 fully saturated rings. The first-order valence-electron chi connectivity index (χ1n) is 7.00. The fourth-order valence-electron chi connectivity index (χ4n) is 2.58. The molecule has 0 atom stereocenters. The number of hydrogen-bond acceptors (Lipinski definition) is 4. The van der Waals surface area contributed by atoms with Gasteiger partial charge in [0.05, 0.1) is 4.90 Å². The molecule has 0 aromatic heterocycles. The molecular weight excluding hydrogens is 311 g/mol. The van der Waals surface area contributed by atoms with Gasteiger partial charge in [-0.3, -0.25) is 0 Å². The SMILES string of the molecule is CSC1CCC(NS(=O)(=O)c2ccc(F)c(CN)c2)CC1. The number of benzene rings is 1. The zero-order valence-electron chi connectivity index (χ0n) is 12.0. The average Bonchev–Trinajstić information content (AvgIpc) is 2.48. The molecule has 1 saturated carbocycles. The Hall–Kier alpha value is -0.630. The third-order valence-corrected chi connectivity index (χ3v) is 6.53. The van der Waals surface area contributed by atoms with Crippen LogP contribution in [0.2, 0.25) is 0 Å². The topological polar surface area (TPSA) is 72.2 Å². The summed E-state index contributed by atoms with van der Waals surface area (Å²) in [5.74, 6) is -0.475. The van der Waals surface area contributed by atoms with Gasteiger partial charge in [0.15, 0.2) is 0 Å². The molecule has 0 radical (unpaired) electrons. The highest BCUT2D eigenvalue weighted by Gasteiger charge is 2.25. The molecule has 0 bridgehead atoms. The Morgan fingerprint density at radius 2 is 2.00 bits per heavy atom. The second-order valence-electron chi connectivity index (χ2n) is 5.29. The predicted octanol–water partition coefficient (Wildman–Crippen LogP) is 2.24. The van der Waals surface area contributed by atoms with Gasteiger partial charge in [-0.25, -0.2) is 17.5 Å². The molecule has 1 aliphatic rings. The molecule has 0 aliphatic heterocycles. The monoisotopic (exact) mass is 332 g/mol. The van der Waals surface area contributed by atoms with Crippen molar-refractivity contribution in [3.05, 3.63) is 29.6 Å². The number of nitrogens with one attached hydrogen (secondary N) is 1. The molecule has 2 rings (SSSR count). The molecule has 4 nitrogen and oxygen atoms in total. The number of halogens is 1. The fourth-order valence-corrected chi connectivity index (χ4v) is 4.68. The van der Waals surface area contributed by atoms with Crippen LogP contribution >= 0.6 is 11.8 Å². The molecule has 1 aliphatic carbocycles. The van der Waals surface area contributed by atoms with Crippen molar-refractivity contribution in [2.45, 2.75) is 48.4 Å². The Balaban J connectivity index is 2.08. The maximum atomic E-state index is 13.4. The van der Waals surface area contributed by atoms with Crippen molar-refractivity contribution in [3.8, 4) is 0 Å². The van der Waals surface area contributed by atoms with Gasteiger partial charge in [0.2, 0.25) is 10.0 Å². The van der Waals surface area contributed by atoms with Gasteiger partial charge >= 0.3 is 0 Å². The molecule has 7 heteroatoms. The number of thioether (sulfide) groups is 1. The molecule has 0 heterocycles. The largest absolute Gasteiger partial charge is 0.326 e. The van der Waals surface area contributed by atoms with Crippen LogP contribution in [0.25, 0.3) is 0 Å². The minimum Gasteiger partial charge on any atom is -0.326 e. The second-order valence-corrected chi connectivity index (χ2v) is 8.14. The first kappa shape index (κ1) is 16.7. The Labute approximate surface area is 129 Å². The number of hydrogen-bond donors (Lipinski definition) is 2. The van der Waals surface area contributed by atoms with Gasteiger partial charge in [-0.05, 0) is 50.1 Å². The highest BCUT2D eigenvalue weighted by molar-refractivity contribution is 7.99. The van der Waals surface area contributed by atoms with Crippen molar-refractivity contribution in [2.75, 3.05) is 6.26 Å². The Morgan fingerprint density at radius 1 is 1.33 bits per heavy atom. The van der Waals surface area contributed by atoms with Crippen LogP contribution in [0.1, 0.15) is 31.2 Å². The minimum atomic E-state index is -3.61. The molecule has 0 saturated heterocycles. The van der Waals surface area contributed by atoms with Crippen LogP contribution in [0.15, 0.2) is 23.1 Å². The van der Waals surface area contributed by atoms with Crippen LogP contribution in [0.4, 0.5) is 4.39 Å². The lowest BCUT2D eigenvalue weighted by Crippen LogP contribution is -2.38. The first-order chi connectivity index (χ1) is 9.96.